The molecular weight excluding hydrogens is 348 g/mol. The lowest BCUT2D eigenvalue weighted by Crippen LogP contribution is -2.39. The predicted octanol–water partition coefficient (Wildman–Crippen LogP) is 1.28. The molecule has 0 spiro atoms. The summed E-state index contributed by atoms with van der Waals surface area (Å²) in [7, 11) is 0. The first-order valence-electron chi connectivity index (χ1n) is 8.97. The van der Waals surface area contributed by atoms with Crippen molar-refractivity contribution in [3.05, 3.63) is 29.6 Å². The van der Waals surface area contributed by atoms with Gasteiger partial charge in [0.25, 0.3) is 0 Å². The van der Waals surface area contributed by atoms with Gasteiger partial charge in [-0.15, -0.1) is 0 Å². The van der Waals surface area contributed by atoms with Crippen LogP contribution in [0.1, 0.15) is 24.1 Å². The van der Waals surface area contributed by atoms with Crippen LogP contribution in [-0.4, -0.2) is 46.7 Å². The van der Waals surface area contributed by atoms with Gasteiger partial charge in [-0.1, -0.05) is 6.07 Å². The Morgan fingerprint density at radius 1 is 1.41 bits per heavy atom. The van der Waals surface area contributed by atoms with E-state index in [1.165, 1.54) is 0 Å². The molecule has 2 aromatic rings. The minimum Gasteiger partial charge on any atom is -0.461 e. The molecule has 1 amide bonds. The van der Waals surface area contributed by atoms with Crippen LogP contribution in [0.4, 0.5) is 17.3 Å². The van der Waals surface area contributed by atoms with Crippen molar-refractivity contribution in [1.82, 2.24) is 15.0 Å². The third-order valence-electron chi connectivity index (χ3n) is 4.56. The van der Waals surface area contributed by atoms with Crippen LogP contribution in [0.3, 0.4) is 0 Å². The number of hydrogen-bond acceptors (Lipinski definition) is 8. The van der Waals surface area contributed by atoms with Crippen molar-refractivity contribution < 1.29 is 14.3 Å². The Morgan fingerprint density at radius 3 is 3.04 bits per heavy atom. The molecule has 0 unspecified atom stereocenters. The average molecular weight is 370 g/mol. The van der Waals surface area contributed by atoms with Crippen molar-refractivity contribution in [3.8, 4) is 6.01 Å². The van der Waals surface area contributed by atoms with Gasteiger partial charge in [-0.2, -0.15) is 9.97 Å². The van der Waals surface area contributed by atoms with Crippen LogP contribution in [0.25, 0.3) is 0 Å². The van der Waals surface area contributed by atoms with Gasteiger partial charge in [0.05, 0.1) is 12.6 Å². The molecule has 2 aliphatic heterocycles. The van der Waals surface area contributed by atoms with E-state index in [9.17, 15) is 4.79 Å². The molecule has 1 saturated heterocycles. The summed E-state index contributed by atoms with van der Waals surface area (Å²) in [5, 5.41) is 2.75. The highest BCUT2D eigenvalue weighted by molar-refractivity contribution is 6.03. The molecule has 1 atom stereocenters. The van der Waals surface area contributed by atoms with Gasteiger partial charge in [0.2, 0.25) is 5.91 Å². The molecule has 0 aliphatic carbocycles. The van der Waals surface area contributed by atoms with Crippen LogP contribution < -0.4 is 20.7 Å². The third-order valence-corrected chi connectivity index (χ3v) is 4.56. The van der Waals surface area contributed by atoms with Gasteiger partial charge in [0.15, 0.2) is 11.6 Å². The van der Waals surface area contributed by atoms with Crippen LogP contribution in [0.15, 0.2) is 18.3 Å². The average Bonchev–Trinajstić information content (AvgIpc) is 3.16. The second-order valence-corrected chi connectivity index (χ2v) is 6.75. The van der Waals surface area contributed by atoms with Crippen LogP contribution in [0.2, 0.25) is 0 Å². The lowest BCUT2D eigenvalue weighted by Gasteiger charge is -2.30. The maximum Gasteiger partial charge on any atom is 0.320 e. The molecule has 0 bridgehead atoms. The largest absolute Gasteiger partial charge is 0.461 e. The van der Waals surface area contributed by atoms with E-state index in [1.807, 2.05) is 24.0 Å². The molecule has 4 heterocycles. The number of nitrogens with two attached hydrogens (primary N) is 1. The summed E-state index contributed by atoms with van der Waals surface area (Å²) >= 11 is 0. The van der Waals surface area contributed by atoms with E-state index in [0.717, 1.165) is 30.7 Å². The summed E-state index contributed by atoms with van der Waals surface area (Å²) in [5.74, 6) is 0.568. The van der Waals surface area contributed by atoms with Gasteiger partial charge in [-0.3, -0.25) is 9.78 Å². The summed E-state index contributed by atoms with van der Waals surface area (Å²) in [6.45, 7) is 3.72. The van der Waals surface area contributed by atoms with Crippen molar-refractivity contribution in [1.29, 1.82) is 0 Å². The number of ether oxygens (including phenoxy) is 2. The fraction of sp³-hybridized carbons (Fsp3) is 0.444. The summed E-state index contributed by atoms with van der Waals surface area (Å²) < 4.78 is 11.3. The van der Waals surface area contributed by atoms with Gasteiger partial charge < -0.3 is 25.4 Å². The second kappa shape index (κ2) is 7.36. The smallest absolute Gasteiger partial charge is 0.320 e. The first-order chi connectivity index (χ1) is 13.1. The number of rotatable bonds is 5. The Labute approximate surface area is 156 Å². The van der Waals surface area contributed by atoms with Crippen LogP contribution in [0, 0.1) is 6.92 Å². The number of hydrogen-bond donors (Lipinski definition) is 2. The molecule has 3 N–H and O–H groups in total. The molecule has 27 heavy (non-hydrogen) atoms. The summed E-state index contributed by atoms with van der Waals surface area (Å²) in [5.41, 5.74) is 8.37. The van der Waals surface area contributed by atoms with Crippen LogP contribution in [-0.2, 0) is 16.1 Å². The van der Waals surface area contributed by atoms with Gasteiger partial charge in [-0.25, -0.2) is 0 Å². The topological polar surface area (TPSA) is 115 Å². The van der Waals surface area contributed by atoms with Crippen molar-refractivity contribution >= 4 is 23.2 Å². The summed E-state index contributed by atoms with van der Waals surface area (Å²) in [4.78, 5) is 26.9. The third kappa shape index (κ3) is 3.92. The lowest BCUT2D eigenvalue weighted by molar-refractivity contribution is -0.115. The standard InChI is InChI=1S/C18H22N6O3/c1-11-4-5-12(7-20-11)8-24-9-14(25)21-15-16(19)22-18(23-17(15)24)27-10-13-3-2-6-26-13/h4-5,7,13H,2-3,6,8-10H2,1H3,(H,21,25)(H2,19,22,23)/t13-/m1/s1. The number of pyridine rings is 1. The quantitative estimate of drug-likeness (QED) is 0.809. The Bertz CT molecular complexity index is 836. The van der Waals surface area contributed by atoms with Crippen molar-refractivity contribution in [3.63, 3.8) is 0 Å². The molecular formula is C18H22N6O3. The molecule has 0 radical (unpaired) electrons. The fourth-order valence-corrected chi connectivity index (χ4v) is 3.17. The normalized spacial score (nSPS) is 18.9. The van der Waals surface area contributed by atoms with E-state index in [-0.39, 0.29) is 30.4 Å². The first-order valence-corrected chi connectivity index (χ1v) is 8.97. The number of nitrogen functional groups attached to an aromatic ring is 1. The van der Waals surface area contributed by atoms with E-state index in [0.29, 0.717) is 24.7 Å². The highest BCUT2D eigenvalue weighted by Crippen LogP contribution is 2.34. The monoisotopic (exact) mass is 370 g/mol. The maximum absolute atomic E-state index is 12.1. The van der Waals surface area contributed by atoms with Gasteiger partial charge in [-0.05, 0) is 31.4 Å². The zero-order chi connectivity index (χ0) is 18.8. The number of amides is 1. The summed E-state index contributed by atoms with van der Waals surface area (Å²) in [6.07, 6.45) is 3.84. The van der Waals surface area contributed by atoms with E-state index in [2.05, 4.69) is 20.3 Å². The SMILES string of the molecule is Cc1ccc(CN2CC(=O)Nc3c(N)nc(OC[C@H]4CCCO4)nc32)cn1. The minimum absolute atomic E-state index is 0.0558. The minimum atomic E-state index is -0.161. The van der Waals surface area contributed by atoms with Crippen LogP contribution in [0.5, 0.6) is 6.01 Å². The number of carbonyl (C=O) groups is 1. The molecule has 2 aliphatic rings. The number of nitrogens with one attached hydrogen (secondary N) is 1. The molecule has 2 aromatic heterocycles. The van der Waals surface area contributed by atoms with E-state index >= 15 is 0 Å². The Balaban J connectivity index is 1.57. The lowest BCUT2D eigenvalue weighted by atomic mass is 10.2. The van der Waals surface area contributed by atoms with Crippen molar-refractivity contribution in [2.45, 2.75) is 32.4 Å². The highest BCUT2D eigenvalue weighted by Gasteiger charge is 2.28. The molecule has 1 fully saturated rings. The highest BCUT2D eigenvalue weighted by atomic mass is 16.5. The predicted molar refractivity (Wildman–Crippen MR) is 99.6 cm³/mol. The first kappa shape index (κ1) is 17.5. The number of carbonyl (C=O) groups excluding carboxylic acids is 1. The summed E-state index contributed by atoms with van der Waals surface area (Å²) in [6, 6.07) is 4.10. The van der Waals surface area contributed by atoms with Crippen molar-refractivity contribution in [2.75, 3.05) is 35.7 Å². The molecule has 0 saturated carbocycles. The Kier molecular flexibility index (Phi) is 4.76. The second-order valence-electron chi connectivity index (χ2n) is 6.75. The van der Waals surface area contributed by atoms with Gasteiger partial charge in [0.1, 0.15) is 12.3 Å². The molecule has 4 rings (SSSR count). The van der Waals surface area contributed by atoms with E-state index in [4.69, 9.17) is 15.2 Å². The van der Waals surface area contributed by atoms with Crippen molar-refractivity contribution in [2.24, 2.45) is 0 Å². The number of nitrogens with zero attached hydrogens (tertiary/aromatic N) is 4. The Hall–Kier alpha value is -2.94. The van der Waals surface area contributed by atoms with Gasteiger partial charge in [0, 0.05) is 25.0 Å². The number of fused-ring (bicyclic) bond motifs is 1. The maximum atomic E-state index is 12.1. The Morgan fingerprint density at radius 2 is 2.30 bits per heavy atom. The number of aryl methyl sites for hydroxylation is 1. The van der Waals surface area contributed by atoms with Crippen LogP contribution >= 0.6 is 0 Å². The molecule has 9 nitrogen and oxygen atoms in total. The molecule has 0 aromatic carbocycles. The van der Waals surface area contributed by atoms with Gasteiger partial charge >= 0.3 is 6.01 Å². The zero-order valence-corrected chi connectivity index (χ0v) is 15.1. The zero-order valence-electron chi connectivity index (χ0n) is 15.1. The molecule has 9 heteroatoms. The van der Waals surface area contributed by atoms with E-state index < -0.39 is 0 Å². The molecule has 142 valence electrons. The fourth-order valence-electron chi connectivity index (χ4n) is 3.17. The van der Waals surface area contributed by atoms with E-state index in [1.54, 1.807) is 6.20 Å². The number of aromatic nitrogens is 3. The number of anilines is 3.